The molecule has 0 atom stereocenters. The van der Waals surface area contributed by atoms with Crippen molar-refractivity contribution >= 4 is 17.4 Å². The first-order valence-corrected chi connectivity index (χ1v) is 6.74. The van der Waals surface area contributed by atoms with Crippen molar-refractivity contribution < 1.29 is 24.4 Å². The molecule has 0 heterocycles. The second kappa shape index (κ2) is 8.99. The van der Waals surface area contributed by atoms with Crippen molar-refractivity contribution in [2.45, 2.75) is 13.3 Å². The van der Waals surface area contributed by atoms with Crippen molar-refractivity contribution in [1.29, 1.82) is 0 Å². The van der Waals surface area contributed by atoms with E-state index >= 15 is 0 Å². The summed E-state index contributed by atoms with van der Waals surface area (Å²) in [5.41, 5.74) is 0.420. The molecule has 0 spiro atoms. The number of nitrogens with zero attached hydrogens (tertiary/aromatic N) is 2. The Morgan fingerprint density at radius 2 is 1.75 bits per heavy atom. The number of hydrogen-bond acceptors (Lipinski definition) is 5. The molecule has 0 aliphatic heterocycles. The first-order valence-electron chi connectivity index (χ1n) is 6.74. The Morgan fingerprint density at radius 3 is 2.29 bits per heavy atom. The van der Waals surface area contributed by atoms with E-state index in [0.29, 0.717) is 5.56 Å². The fourth-order valence-electron chi connectivity index (χ4n) is 1.90. The Balaban J connectivity index is 0.000000648. The summed E-state index contributed by atoms with van der Waals surface area (Å²) in [6.07, 6.45) is -0.0331. The number of carboxylic acid groups (broad SMARTS) is 1. The van der Waals surface area contributed by atoms with Crippen LogP contribution in [0.4, 0.5) is 10.1 Å². The smallest absolute Gasteiger partial charge is 0.300 e. The van der Waals surface area contributed by atoms with Gasteiger partial charge in [0.05, 0.1) is 10.6 Å². The quantitative estimate of drug-likeness (QED) is 0.386. The fourth-order valence-corrected chi connectivity index (χ4v) is 1.90. The molecule has 0 aliphatic carbocycles. The Hall–Kier alpha value is -3.29. The maximum Gasteiger partial charge on any atom is 0.300 e. The van der Waals surface area contributed by atoms with E-state index < -0.39 is 16.7 Å². The van der Waals surface area contributed by atoms with Crippen molar-refractivity contribution in [3.63, 3.8) is 0 Å². The maximum atomic E-state index is 13.7. The van der Waals surface area contributed by atoms with Crippen LogP contribution in [0, 0.1) is 15.9 Å². The largest absolute Gasteiger partial charge is 0.481 e. The van der Waals surface area contributed by atoms with Gasteiger partial charge in [-0.2, -0.15) is 0 Å². The summed E-state index contributed by atoms with van der Waals surface area (Å²) in [4.78, 5) is 19.4. The van der Waals surface area contributed by atoms with Gasteiger partial charge in [-0.15, -0.1) is 0 Å². The predicted molar refractivity (Wildman–Crippen MR) is 84.8 cm³/mol. The van der Waals surface area contributed by atoms with Crippen molar-refractivity contribution in [3.05, 3.63) is 75.6 Å². The molecule has 126 valence electrons. The molecule has 8 heteroatoms. The second-order valence-corrected chi connectivity index (χ2v) is 4.61. The first-order chi connectivity index (χ1) is 11.4. The Morgan fingerprint density at radius 1 is 1.21 bits per heavy atom. The van der Waals surface area contributed by atoms with Crippen LogP contribution in [-0.4, -0.2) is 26.9 Å². The summed E-state index contributed by atoms with van der Waals surface area (Å²) in [5, 5.41) is 30.5. The van der Waals surface area contributed by atoms with Gasteiger partial charge in [0, 0.05) is 30.5 Å². The van der Waals surface area contributed by atoms with Gasteiger partial charge >= 0.3 is 0 Å². The molecular formula is C16H15FN2O5. The van der Waals surface area contributed by atoms with E-state index in [0.717, 1.165) is 6.92 Å². The molecule has 0 amide bonds. The van der Waals surface area contributed by atoms with Gasteiger partial charge < -0.3 is 10.3 Å². The van der Waals surface area contributed by atoms with Crippen LogP contribution in [0.1, 0.15) is 18.1 Å². The van der Waals surface area contributed by atoms with E-state index in [-0.39, 0.29) is 23.4 Å². The minimum absolute atomic E-state index is 0.0331. The number of nitro groups is 1. The molecule has 2 N–H and O–H groups in total. The van der Waals surface area contributed by atoms with Crippen LogP contribution in [0.2, 0.25) is 0 Å². The molecule has 7 nitrogen and oxygen atoms in total. The molecule has 2 aromatic rings. The average Bonchev–Trinajstić information content (AvgIpc) is 2.53. The minimum atomic E-state index is -0.833. The molecule has 2 rings (SSSR count). The molecule has 0 saturated carbocycles. The molecule has 0 fully saturated rings. The van der Waals surface area contributed by atoms with E-state index in [1.807, 2.05) is 0 Å². The molecule has 0 aromatic heterocycles. The van der Waals surface area contributed by atoms with Crippen LogP contribution in [0.5, 0.6) is 0 Å². The van der Waals surface area contributed by atoms with Crippen molar-refractivity contribution in [1.82, 2.24) is 0 Å². The Kier molecular flexibility index (Phi) is 7.02. The van der Waals surface area contributed by atoms with Gasteiger partial charge in [-0.3, -0.25) is 14.9 Å². The van der Waals surface area contributed by atoms with Gasteiger partial charge in [-0.1, -0.05) is 41.6 Å². The third-order valence-electron chi connectivity index (χ3n) is 2.85. The highest BCUT2D eigenvalue weighted by molar-refractivity contribution is 6.02. The molecule has 24 heavy (non-hydrogen) atoms. The van der Waals surface area contributed by atoms with Gasteiger partial charge in [0.15, 0.2) is 0 Å². The van der Waals surface area contributed by atoms with Crippen molar-refractivity contribution in [2.24, 2.45) is 5.16 Å². The minimum Gasteiger partial charge on any atom is -0.481 e. The third kappa shape index (κ3) is 5.48. The number of para-hydroxylation sites is 1. The average molecular weight is 334 g/mol. The molecule has 0 bridgehead atoms. The van der Waals surface area contributed by atoms with E-state index in [9.17, 15) is 14.5 Å². The molecule has 0 unspecified atom stereocenters. The SMILES string of the molecule is CC(=O)O.O=[N+]([O-])c1ccccc1C/C(=N/O)c1ccccc1F. The topological polar surface area (TPSA) is 113 Å². The van der Waals surface area contributed by atoms with Crippen LogP contribution in [0.15, 0.2) is 53.7 Å². The summed E-state index contributed by atoms with van der Waals surface area (Å²) in [6.45, 7) is 1.08. The lowest BCUT2D eigenvalue weighted by Crippen LogP contribution is -2.09. The number of benzene rings is 2. The van der Waals surface area contributed by atoms with Crippen LogP contribution in [0.3, 0.4) is 0 Å². The summed E-state index contributed by atoms with van der Waals surface area (Å²) < 4.78 is 13.7. The number of oxime groups is 1. The lowest BCUT2D eigenvalue weighted by molar-refractivity contribution is -0.385. The highest BCUT2D eigenvalue weighted by Crippen LogP contribution is 2.20. The van der Waals surface area contributed by atoms with Gasteiger partial charge in [-0.05, 0) is 6.07 Å². The summed E-state index contributed by atoms with van der Waals surface area (Å²) in [7, 11) is 0. The molecule has 0 aliphatic rings. The number of rotatable bonds is 4. The molecule has 2 aromatic carbocycles. The Bertz CT molecular complexity index is 758. The van der Waals surface area contributed by atoms with E-state index in [4.69, 9.17) is 15.1 Å². The molecular weight excluding hydrogens is 319 g/mol. The molecule has 0 radical (unpaired) electrons. The highest BCUT2D eigenvalue weighted by atomic mass is 19.1. The zero-order valence-electron chi connectivity index (χ0n) is 12.7. The zero-order chi connectivity index (χ0) is 18.1. The second-order valence-electron chi connectivity index (χ2n) is 4.61. The Labute approximate surface area is 136 Å². The van der Waals surface area contributed by atoms with E-state index in [1.54, 1.807) is 24.3 Å². The van der Waals surface area contributed by atoms with Crippen LogP contribution >= 0.6 is 0 Å². The van der Waals surface area contributed by atoms with E-state index in [1.165, 1.54) is 24.3 Å². The number of hydrogen-bond donors (Lipinski definition) is 2. The van der Waals surface area contributed by atoms with Gasteiger partial charge in [-0.25, -0.2) is 4.39 Å². The molecule has 0 saturated heterocycles. The van der Waals surface area contributed by atoms with Crippen LogP contribution in [0.25, 0.3) is 0 Å². The number of carboxylic acids is 1. The van der Waals surface area contributed by atoms with Crippen LogP contribution in [-0.2, 0) is 11.2 Å². The van der Waals surface area contributed by atoms with Crippen molar-refractivity contribution in [3.8, 4) is 0 Å². The number of carbonyl (C=O) groups is 1. The first kappa shape index (κ1) is 18.8. The summed E-state index contributed by atoms with van der Waals surface area (Å²) >= 11 is 0. The summed E-state index contributed by atoms with van der Waals surface area (Å²) in [6, 6.07) is 11.9. The van der Waals surface area contributed by atoms with Gasteiger partial charge in [0.25, 0.3) is 11.7 Å². The standard InChI is InChI=1S/C14H11FN2O3.C2H4O2/c15-12-7-3-2-6-11(12)13(16-18)9-10-5-1-4-8-14(10)17(19)20;1-2(3)4/h1-8,18H,9H2;1H3,(H,3,4)/b16-13-;. The van der Waals surface area contributed by atoms with Gasteiger partial charge in [0.1, 0.15) is 5.82 Å². The lowest BCUT2D eigenvalue weighted by Gasteiger charge is -2.06. The third-order valence-corrected chi connectivity index (χ3v) is 2.85. The normalized spacial score (nSPS) is 10.5. The van der Waals surface area contributed by atoms with Crippen molar-refractivity contribution in [2.75, 3.05) is 0 Å². The zero-order valence-corrected chi connectivity index (χ0v) is 12.7. The fraction of sp³-hybridized carbons (Fsp3) is 0.125. The number of halogens is 1. The van der Waals surface area contributed by atoms with Gasteiger partial charge in [0.2, 0.25) is 0 Å². The maximum absolute atomic E-state index is 13.7. The van der Waals surface area contributed by atoms with Crippen LogP contribution < -0.4 is 0 Å². The van der Waals surface area contributed by atoms with E-state index in [2.05, 4.69) is 5.16 Å². The lowest BCUT2D eigenvalue weighted by atomic mass is 10.0. The summed E-state index contributed by atoms with van der Waals surface area (Å²) in [5.74, 6) is -1.38. The number of aliphatic carboxylic acids is 1. The highest BCUT2D eigenvalue weighted by Gasteiger charge is 2.17. The monoisotopic (exact) mass is 334 g/mol. The predicted octanol–water partition coefficient (Wildman–Crippen LogP) is 3.25. The number of nitro benzene ring substituents is 1.